The average molecular weight is 508 g/mol. The maximum absolute atomic E-state index is 13.4. The first-order valence-electron chi connectivity index (χ1n) is 10.4. The number of hydrogen-bond donors (Lipinski definition) is 1. The predicted molar refractivity (Wildman–Crippen MR) is 122 cm³/mol. The number of carbonyl (C=O) groups excluding carboxylic acids is 2. The number of pyridine rings is 1. The zero-order chi connectivity index (χ0) is 26.9. The fourth-order valence-corrected chi connectivity index (χ4v) is 3.67. The lowest BCUT2D eigenvalue weighted by molar-refractivity contribution is -0.137. The van der Waals surface area contributed by atoms with Gasteiger partial charge in [0.2, 0.25) is 0 Å². The minimum atomic E-state index is -4.70. The molecule has 2 aromatic carbocycles. The van der Waals surface area contributed by atoms with Crippen molar-refractivity contribution in [1.82, 2.24) is 19.6 Å². The van der Waals surface area contributed by atoms with Crippen LogP contribution in [0.1, 0.15) is 27.2 Å². The van der Waals surface area contributed by atoms with Crippen molar-refractivity contribution in [2.45, 2.75) is 13.1 Å². The molecule has 2 aromatic heterocycles. The highest BCUT2D eigenvalue weighted by Gasteiger charge is 2.31. The van der Waals surface area contributed by atoms with E-state index < -0.39 is 34.9 Å². The minimum Gasteiger partial charge on any atom is -0.373 e. The highest BCUT2D eigenvalue weighted by atomic mass is 19.4. The van der Waals surface area contributed by atoms with E-state index in [1.807, 2.05) is 6.07 Å². The van der Waals surface area contributed by atoms with E-state index in [-0.39, 0.29) is 22.6 Å². The third-order valence-corrected chi connectivity index (χ3v) is 5.36. The Morgan fingerprint density at radius 2 is 1.78 bits per heavy atom. The number of aromatic nitrogens is 4. The van der Waals surface area contributed by atoms with Crippen molar-refractivity contribution in [2.24, 2.45) is 5.73 Å². The summed E-state index contributed by atoms with van der Waals surface area (Å²) in [4.78, 5) is 37.0. The van der Waals surface area contributed by atoms with Gasteiger partial charge in [0.25, 0.3) is 5.56 Å². The van der Waals surface area contributed by atoms with Crippen LogP contribution < -0.4 is 11.3 Å². The standard InChI is InChI=1S/C24H15F3N6O4/c1-13-18(20-12-30-31-33(20)16-7-5-14(11-28)6-8-16)10-19(22(35)37-23(29)36)21(34)32(13)17-4-2-3-15(9-17)24(25,26)27/h2-10,12H,1H3,(H2,29,36). The van der Waals surface area contributed by atoms with Gasteiger partial charge in [0.05, 0.1) is 34.8 Å². The van der Waals surface area contributed by atoms with Crippen molar-refractivity contribution in [2.75, 3.05) is 0 Å². The monoisotopic (exact) mass is 508 g/mol. The average Bonchev–Trinajstić information content (AvgIpc) is 3.33. The number of nitriles is 1. The van der Waals surface area contributed by atoms with Crippen LogP contribution in [0.5, 0.6) is 0 Å². The Hall–Kier alpha value is -5.25. The Bertz CT molecular complexity index is 1630. The van der Waals surface area contributed by atoms with Crippen LogP contribution in [0.25, 0.3) is 22.6 Å². The highest BCUT2D eigenvalue weighted by Crippen LogP contribution is 2.32. The van der Waals surface area contributed by atoms with Crippen molar-refractivity contribution in [1.29, 1.82) is 5.26 Å². The van der Waals surface area contributed by atoms with Gasteiger partial charge in [-0.15, -0.1) is 5.10 Å². The van der Waals surface area contributed by atoms with Gasteiger partial charge in [-0.3, -0.25) is 9.36 Å². The second kappa shape index (κ2) is 9.42. The molecule has 2 N–H and O–H groups in total. The number of ether oxygens (including phenoxy) is 1. The van der Waals surface area contributed by atoms with Crippen LogP contribution >= 0.6 is 0 Å². The second-order valence-electron chi connectivity index (χ2n) is 7.64. The Kier molecular flexibility index (Phi) is 6.33. The molecule has 13 heteroatoms. The number of primary amides is 1. The summed E-state index contributed by atoms with van der Waals surface area (Å²) in [7, 11) is 0. The Labute approximate surface area is 205 Å². The molecular formula is C24H15F3N6O4. The summed E-state index contributed by atoms with van der Waals surface area (Å²) in [6.07, 6.45) is -4.86. The van der Waals surface area contributed by atoms with Gasteiger partial charge in [0.1, 0.15) is 5.56 Å². The number of carbonyl (C=O) groups is 2. The quantitative estimate of drug-likeness (QED) is 0.328. The summed E-state index contributed by atoms with van der Waals surface area (Å²) in [6, 6.07) is 13.3. The van der Waals surface area contributed by atoms with Gasteiger partial charge in [-0.25, -0.2) is 14.3 Å². The molecule has 0 spiro atoms. The SMILES string of the molecule is Cc1c(-c2cnnn2-c2ccc(C#N)cc2)cc(C(=O)OC(N)=O)c(=O)n1-c1cccc(C(F)(F)F)c1. The molecule has 10 nitrogen and oxygen atoms in total. The van der Waals surface area contributed by atoms with Crippen molar-refractivity contribution in [3.8, 4) is 28.7 Å². The van der Waals surface area contributed by atoms with E-state index in [0.717, 1.165) is 28.8 Å². The summed E-state index contributed by atoms with van der Waals surface area (Å²) >= 11 is 0. The largest absolute Gasteiger partial charge is 0.416 e. The first-order chi connectivity index (χ1) is 17.5. The summed E-state index contributed by atoms with van der Waals surface area (Å²) in [5.41, 5.74) is 3.41. The zero-order valence-electron chi connectivity index (χ0n) is 18.9. The molecule has 0 saturated carbocycles. The van der Waals surface area contributed by atoms with Gasteiger partial charge in [0.15, 0.2) is 0 Å². The predicted octanol–water partition coefficient (Wildman–Crippen LogP) is 3.52. The lowest BCUT2D eigenvalue weighted by atomic mass is 10.1. The summed E-state index contributed by atoms with van der Waals surface area (Å²) < 4.78 is 46.7. The molecule has 37 heavy (non-hydrogen) atoms. The summed E-state index contributed by atoms with van der Waals surface area (Å²) in [5.74, 6) is -1.39. The molecule has 0 bridgehead atoms. The van der Waals surface area contributed by atoms with E-state index in [2.05, 4.69) is 15.0 Å². The van der Waals surface area contributed by atoms with Crippen molar-refractivity contribution in [3.05, 3.63) is 93.5 Å². The van der Waals surface area contributed by atoms with Crippen LogP contribution in [0.4, 0.5) is 18.0 Å². The van der Waals surface area contributed by atoms with Gasteiger partial charge in [0, 0.05) is 16.9 Å². The number of benzene rings is 2. The molecule has 0 aliphatic heterocycles. The first-order valence-corrected chi connectivity index (χ1v) is 10.4. The van der Waals surface area contributed by atoms with E-state index in [1.54, 1.807) is 12.1 Å². The van der Waals surface area contributed by atoms with Crippen molar-refractivity contribution < 1.29 is 27.5 Å². The maximum atomic E-state index is 13.4. The lowest BCUT2D eigenvalue weighted by Crippen LogP contribution is -2.30. The zero-order valence-corrected chi connectivity index (χ0v) is 18.9. The molecule has 4 aromatic rings. The van der Waals surface area contributed by atoms with E-state index >= 15 is 0 Å². The third-order valence-electron chi connectivity index (χ3n) is 5.36. The van der Waals surface area contributed by atoms with E-state index in [0.29, 0.717) is 11.3 Å². The fourth-order valence-electron chi connectivity index (χ4n) is 3.67. The van der Waals surface area contributed by atoms with E-state index in [1.165, 1.54) is 36.0 Å². The minimum absolute atomic E-state index is 0.136. The normalized spacial score (nSPS) is 11.1. The van der Waals surface area contributed by atoms with E-state index in [9.17, 15) is 27.6 Å². The highest BCUT2D eigenvalue weighted by molar-refractivity contribution is 5.97. The number of nitrogens with zero attached hydrogens (tertiary/aromatic N) is 5. The van der Waals surface area contributed by atoms with Gasteiger partial charge < -0.3 is 10.5 Å². The topological polar surface area (TPSA) is 146 Å². The molecule has 4 rings (SSSR count). The summed E-state index contributed by atoms with van der Waals surface area (Å²) in [5, 5.41) is 16.9. The van der Waals surface area contributed by atoms with Gasteiger partial charge in [-0.1, -0.05) is 11.3 Å². The number of hydrogen-bond acceptors (Lipinski definition) is 7. The molecule has 0 radical (unpaired) electrons. The van der Waals surface area contributed by atoms with Crippen LogP contribution in [-0.4, -0.2) is 31.6 Å². The molecular weight excluding hydrogens is 493 g/mol. The maximum Gasteiger partial charge on any atom is 0.416 e. The molecule has 1 amide bonds. The number of halogens is 3. The van der Waals surface area contributed by atoms with Crippen LogP contribution in [-0.2, 0) is 10.9 Å². The van der Waals surface area contributed by atoms with Crippen LogP contribution in [0.3, 0.4) is 0 Å². The Balaban J connectivity index is 2.00. The molecule has 0 aliphatic carbocycles. The molecule has 186 valence electrons. The number of esters is 1. The van der Waals surface area contributed by atoms with Crippen molar-refractivity contribution >= 4 is 12.1 Å². The number of amides is 1. The Morgan fingerprint density at radius 1 is 1.08 bits per heavy atom. The third kappa shape index (κ3) is 4.80. The van der Waals surface area contributed by atoms with Gasteiger partial charge in [-0.2, -0.15) is 18.4 Å². The molecule has 0 atom stereocenters. The molecule has 2 heterocycles. The van der Waals surface area contributed by atoms with Gasteiger partial charge >= 0.3 is 18.2 Å². The number of rotatable bonds is 4. The van der Waals surface area contributed by atoms with Crippen LogP contribution in [0.2, 0.25) is 0 Å². The smallest absolute Gasteiger partial charge is 0.373 e. The number of alkyl halides is 3. The van der Waals surface area contributed by atoms with Crippen molar-refractivity contribution in [3.63, 3.8) is 0 Å². The molecule has 0 fully saturated rings. The van der Waals surface area contributed by atoms with Crippen LogP contribution in [0, 0.1) is 18.3 Å². The molecule has 0 saturated heterocycles. The second-order valence-corrected chi connectivity index (χ2v) is 7.64. The molecule has 0 aliphatic rings. The van der Waals surface area contributed by atoms with E-state index in [4.69, 9.17) is 11.0 Å². The fraction of sp³-hybridized carbons (Fsp3) is 0.0833. The Morgan fingerprint density at radius 3 is 2.41 bits per heavy atom. The molecule has 0 unspecified atom stereocenters. The van der Waals surface area contributed by atoms with Crippen LogP contribution in [0.15, 0.2) is 65.6 Å². The lowest BCUT2D eigenvalue weighted by Gasteiger charge is -2.18. The first kappa shape index (κ1) is 24.9. The number of nitrogens with two attached hydrogens (primary N) is 1. The summed E-state index contributed by atoms with van der Waals surface area (Å²) in [6.45, 7) is 1.45. The van der Waals surface area contributed by atoms with Gasteiger partial charge in [-0.05, 0) is 55.5 Å².